The molecule has 0 aromatic heterocycles. The molecule has 5 heteroatoms. The average Bonchev–Trinajstić information content (AvgIpc) is 2.73. The first-order valence-corrected chi connectivity index (χ1v) is 10.0. The number of likely N-dealkylation sites (tertiary alicyclic amines) is 1. The minimum atomic E-state index is 0.0770. The maximum Gasteiger partial charge on any atom is 0.255 e. The van der Waals surface area contributed by atoms with Crippen LogP contribution in [0.2, 0.25) is 0 Å². The highest BCUT2D eigenvalue weighted by atomic mass is 16.2. The Labute approximate surface area is 166 Å². The first-order chi connectivity index (χ1) is 13.6. The SMILES string of the molecule is CN(C)c1ccccc1C(=O)N1CCC(N2C(=O)CCc3ccccc32)CC1. The van der Waals surface area contributed by atoms with Crippen LogP contribution in [0.15, 0.2) is 48.5 Å². The van der Waals surface area contributed by atoms with E-state index in [1.165, 1.54) is 5.56 Å². The summed E-state index contributed by atoms with van der Waals surface area (Å²) in [5.74, 6) is 0.287. The first kappa shape index (κ1) is 18.5. The molecule has 0 radical (unpaired) electrons. The molecule has 2 aromatic rings. The molecule has 1 fully saturated rings. The molecule has 0 spiro atoms. The highest BCUT2D eigenvalue weighted by molar-refractivity contribution is 6.00. The summed E-state index contributed by atoms with van der Waals surface area (Å²) in [7, 11) is 3.91. The maximum absolute atomic E-state index is 13.1. The topological polar surface area (TPSA) is 43.9 Å². The van der Waals surface area contributed by atoms with Crippen molar-refractivity contribution in [1.82, 2.24) is 4.90 Å². The number of benzene rings is 2. The normalized spacial score (nSPS) is 17.4. The fraction of sp³-hybridized carbons (Fsp3) is 0.391. The first-order valence-electron chi connectivity index (χ1n) is 10.0. The van der Waals surface area contributed by atoms with Crippen molar-refractivity contribution < 1.29 is 9.59 Å². The Balaban J connectivity index is 1.49. The molecule has 0 N–H and O–H groups in total. The lowest BCUT2D eigenvalue weighted by Crippen LogP contribution is -2.50. The van der Waals surface area contributed by atoms with Gasteiger partial charge in [0.25, 0.3) is 5.91 Å². The number of hydrogen-bond donors (Lipinski definition) is 0. The Hall–Kier alpha value is -2.82. The molecular formula is C23H27N3O2. The average molecular weight is 377 g/mol. The van der Waals surface area contributed by atoms with Crippen LogP contribution in [0.3, 0.4) is 0 Å². The highest BCUT2D eigenvalue weighted by Gasteiger charge is 2.34. The van der Waals surface area contributed by atoms with Gasteiger partial charge in [-0.15, -0.1) is 0 Å². The van der Waals surface area contributed by atoms with Crippen molar-refractivity contribution in [3.8, 4) is 0 Å². The van der Waals surface area contributed by atoms with Crippen LogP contribution in [-0.2, 0) is 11.2 Å². The number of piperidine rings is 1. The number of carbonyl (C=O) groups is 2. The van der Waals surface area contributed by atoms with Gasteiger partial charge in [0, 0.05) is 51.0 Å². The van der Waals surface area contributed by atoms with Gasteiger partial charge in [-0.25, -0.2) is 0 Å². The van der Waals surface area contributed by atoms with Gasteiger partial charge in [0.2, 0.25) is 5.91 Å². The van der Waals surface area contributed by atoms with Crippen LogP contribution in [0.5, 0.6) is 0 Å². The van der Waals surface area contributed by atoms with E-state index in [1.54, 1.807) is 0 Å². The Morgan fingerprint density at radius 2 is 1.64 bits per heavy atom. The number of amides is 2. The molecule has 2 aromatic carbocycles. The van der Waals surface area contributed by atoms with E-state index < -0.39 is 0 Å². The molecule has 1 saturated heterocycles. The summed E-state index contributed by atoms with van der Waals surface area (Å²) >= 11 is 0. The number of anilines is 2. The quantitative estimate of drug-likeness (QED) is 0.824. The molecular weight excluding hydrogens is 350 g/mol. The van der Waals surface area contributed by atoms with Crippen LogP contribution >= 0.6 is 0 Å². The van der Waals surface area contributed by atoms with Gasteiger partial charge in [-0.05, 0) is 43.0 Å². The molecule has 5 nitrogen and oxygen atoms in total. The summed E-state index contributed by atoms with van der Waals surface area (Å²) < 4.78 is 0. The second-order valence-corrected chi connectivity index (χ2v) is 7.83. The van der Waals surface area contributed by atoms with Crippen LogP contribution in [0.1, 0.15) is 35.2 Å². The van der Waals surface area contributed by atoms with Crippen LogP contribution in [0.25, 0.3) is 0 Å². The summed E-state index contributed by atoms with van der Waals surface area (Å²) in [5, 5.41) is 0. The van der Waals surface area contributed by atoms with Gasteiger partial charge in [-0.2, -0.15) is 0 Å². The van der Waals surface area contributed by atoms with Crippen molar-refractivity contribution in [2.75, 3.05) is 37.0 Å². The van der Waals surface area contributed by atoms with E-state index >= 15 is 0 Å². The van der Waals surface area contributed by atoms with E-state index in [4.69, 9.17) is 0 Å². The van der Waals surface area contributed by atoms with Crippen LogP contribution in [0, 0.1) is 0 Å². The third kappa shape index (κ3) is 3.37. The van der Waals surface area contributed by atoms with E-state index in [2.05, 4.69) is 12.1 Å². The lowest BCUT2D eigenvalue weighted by molar-refractivity contribution is -0.119. The molecule has 28 heavy (non-hydrogen) atoms. The summed E-state index contributed by atoms with van der Waals surface area (Å²) in [4.78, 5) is 31.6. The summed E-state index contributed by atoms with van der Waals surface area (Å²) in [6, 6.07) is 16.1. The van der Waals surface area contributed by atoms with Gasteiger partial charge < -0.3 is 14.7 Å². The third-order valence-electron chi connectivity index (χ3n) is 5.86. The summed E-state index contributed by atoms with van der Waals surface area (Å²) in [5.41, 5.74) is 3.99. The number of aryl methyl sites for hydroxylation is 1. The maximum atomic E-state index is 13.1. The van der Waals surface area contributed by atoms with Gasteiger partial charge in [0.05, 0.1) is 5.56 Å². The molecule has 0 bridgehead atoms. The lowest BCUT2D eigenvalue weighted by atomic mass is 9.95. The summed E-state index contributed by atoms with van der Waals surface area (Å²) in [6.45, 7) is 1.36. The van der Waals surface area contributed by atoms with Gasteiger partial charge >= 0.3 is 0 Å². The molecule has 2 amide bonds. The molecule has 0 unspecified atom stereocenters. The Bertz CT molecular complexity index is 885. The number of para-hydroxylation sites is 2. The largest absolute Gasteiger partial charge is 0.377 e. The van der Waals surface area contributed by atoms with E-state index in [9.17, 15) is 9.59 Å². The molecule has 2 aliphatic heterocycles. The predicted molar refractivity (Wildman–Crippen MR) is 112 cm³/mol. The van der Waals surface area contributed by atoms with Crippen LogP contribution in [-0.4, -0.2) is 49.9 Å². The van der Waals surface area contributed by atoms with Gasteiger partial charge in [0.15, 0.2) is 0 Å². The van der Waals surface area contributed by atoms with Crippen molar-refractivity contribution in [3.05, 3.63) is 59.7 Å². The van der Waals surface area contributed by atoms with Crippen LogP contribution in [0.4, 0.5) is 11.4 Å². The fourth-order valence-corrected chi connectivity index (χ4v) is 4.40. The summed E-state index contributed by atoms with van der Waals surface area (Å²) in [6.07, 6.45) is 3.03. The van der Waals surface area contributed by atoms with Crippen molar-refractivity contribution in [2.45, 2.75) is 31.7 Å². The molecule has 2 heterocycles. The highest BCUT2D eigenvalue weighted by Crippen LogP contribution is 2.32. The van der Waals surface area contributed by atoms with E-state index in [1.807, 2.05) is 65.2 Å². The van der Waals surface area contributed by atoms with Crippen LogP contribution < -0.4 is 9.80 Å². The fourth-order valence-electron chi connectivity index (χ4n) is 4.40. The van der Waals surface area contributed by atoms with Crippen molar-refractivity contribution in [3.63, 3.8) is 0 Å². The van der Waals surface area contributed by atoms with E-state index in [0.717, 1.165) is 36.2 Å². The number of rotatable bonds is 3. The van der Waals surface area contributed by atoms with Crippen molar-refractivity contribution in [1.29, 1.82) is 0 Å². The zero-order valence-electron chi connectivity index (χ0n) is 16.6. The molecule has 146 valence electrons. The Morgan fingerprint density at radius 3 is 2.39 bits per heavy atom. The van der Waals surface area contributed by atoms with Crippen molar-refractivity contribution >= 4 is 23.2 Å². The van der Waals surface area contributed by atoms with E-state index in [0.29, 0.717) is 19.5 Å². The number of hydrogen-bond acceptors (Lipinski definition) is 3. The Morgan fingerprint density at radius 1 is 0.964 bits per heavy atom. The molecule has 0 atom stereocenters. The smallest absolute Gasteiger partial charge is 0.255 e. The van der Waals surface area contributed by atoms with E-state index in [-0.39, 0.29) is 17.9 Å². The molecule has 2 aliphatic rings. The predicted octanol–water partition coefficient (Wildman–Crippen LogP) is 3.34. The minimum absolute atomic E-state index is 0.0770. The molecule has 0 aliphatic carbocycles. The third-order valence-corrected chi connectivity index (χ3v) is 5.86. The van der Waals surface area contributed by atoms with Gasteiger partial charge in [-0.1, -0.05) is 30.3 Å². The molecule has 4 rings (SSSR count). The number of carbonyl (C=O) groups excluding carboxylic acids is 2. The van der Waals surface area contributed by atoms with Gasteiger partial charge in [0.1, 0.15) is 0 Å². The zero-order valence-corrected chi connectivity index (χ0v) is 16.6. The number of fused-ring (bicyclic) bond motifs is 1. The Kier molecular flexibility index (Phi) is 5.07. The number of nitrogens with zero attached hydrogens (tertiary/aromatic N) is 3. The monoisotopic (exact) mass is 377 g/mol. The molecule has 0 saturated carbocycles. The standard InChI is InChI=1S/C23H27N3O2/c1-24(2)21-10-6-4-8-19(21)23(28)25-15-13-18(14-16-25)26-20-9-5-3-7-17(20)11-12-22(26)27/h3-10,18H,11-16H2,1-2H3. The second-order valence-electron chi connectivity index (χ2n) is 7.83. The van der Waals surface area contributed by atoms with Gasteiger partial charge in [-0.3, -0.25) is 9.59 Å². The van der Waals surface area contributed by atoms with Crippen molar-refractivity contribution in [2.24, 2.45) is 0 Å². The minimum Gasteiger partial charge on any atom is -0.377 e. The lowest BCUT2D eigenvalue weighted by Gasteiger charge is -2.41. The zero-order chi connectivity index (χ0) is 19.7. The second kappa shape index (κ2) is 7.66.